The quantitative estimate of drug-likeness (QED) is 0.912. The van der Waals surface area contributed by atoms with Crippen LogP contribution in [0.15, 0.2) is 34.9 Å². The third-order valence-electron chi connectivity index (χ3n) is 3.22. The molecule has 1 saturated heterocycles. The number of ether oxygens (including phenoxy) is 1. The van der Waals surface area contributed by atoms with Crippen molar-refractivity contribution in [2.75, 3.05) is 19.8 Å². The first-order chi connectivity index (χ1) is 9.31. The van der Waals surface area contributed by atoms with E-state index >= 15 is 0 Å². The van der Waals surface area contributed by atoms with E-state index in [0.717, 1.165) is 47.7 Å². The molecule has 0 saturated carbocycles. The highest BCUT2D eigenvalue weighted by atomic mass is 79.9. The van der Waals surface area contributed by atoms with Crippen LogP contribution >= 0.6 is 15.9 Å². The molecule has 3 rings (SSSR count). The SMILES string of the molecule is Brc1ccc(-c2cnc(CC3COCCN3)[nH]2)cc1. The smallest absolute Gasteiger partial charge is 0.108 e. The summed E-state index contributed by atoms with van der Waals surface area (Å²) in [5.41, 5.74) is 2.20. The molecule has 2 heterocycles. The lowest BCUT2D eigenvalue weighted by atomic mass is 10.2. The zero-order valence-electron chi connectivity index (χ0n) is 10.5. The molecule has 0 amide bonds. The molecule has 1 aliphatic heterocycles. The Balaban J connectivity index is 1.70. The lowest BCUT2D eigenvalue weighted by Crippen LogP contribution is -2.42. The van der Waals surface area contributed by atoms with Crippen molar-refractivity contribution in [3.8, 4) is 11.3 Å². The van der Waals surface area contributed by atoms with E-state index in [1.807, 2.05) is 18.3 Å². The van der Waals surface area contributed by atoms with Crippen LogP contribution in [0.2, 0.25) is 0 Å². The summed E-state index contributed by atoms with van der Waals surface area (Å²) in [6, 6.07) is 8.57. The van der Waals surface area contributed by atoms with Crippen LogP contribution in [0.3, 0.4) is 0 Å². The average molecular weight is 322 g/mol. The van der Waals surface area contributed by atoms with E-state index < -0.39 is 0 Å². The van der Waals surface area contributed by atoms with Gasteiger partial charge in [-0.15, -0.1) is 0 Å². The van der Waals surface area contributed by atoms with E-state index in [9.17, 15) is 0 Å². The molecule has 1 aliphatic rings. The maximum atomic E-state index is 5.45. The highest BCUT2D eigenvalue weighted by molar-refractivity contribution is 9.10. The molecular formula is C14H16BrN3O. The minimum absolute atomic E-state index is 0.359. The number of aromatic nitrogens is 2. The van der Waals surface area contributed by atoms with Crippen molar-refractivity contribution in [2.45, 2.75) is 12.5 Å². The molecule has 1 aromatic heterocycles. The number of morpholine rings is 1. The van der Waals surface area contributed by atoms with Crippen molar-refractivity contribution >= 4 is 15.9 Å². The summed E-state index contributed by atoms with van der Waals surface area (Å²) in [5, 5.41) is 3.43. The van der Waals surface area contributed by atoms with E-state index in [4.69, 9.17) is 4.74 Å². The van der Waals surface area contributed by atoms with Crippen LogP contribution in [0.4, 0.5) is 0 Å². The Morgan fingerprint density at radius 3 is 2.89 bits per heavy atom. The molecule has 0 aliphatic carbocycles. The van der Waals surface area contributed by atoms with Gasteiger partial charge >= 0.3 is 0 Å². The number of rotatable bonds is 3. The van der Waals surface area contributed by atoms with Crippen LogP contribution in [-0.4, -0.2) is 35.8 Å². The molecular weight excluding hydrogens is 306 g/mol. The van der Waals surface area contributed by atoms with Crippen LogP contribution in [0.1, 0.15) is 5.82 Å². The second-order valence-corrected chi connectivity index (χ2v) is 5.60. The highest BCUT2D eigenvalue weighted by Gasteiger charge is 2.15. The van der Waals surface area contributed by atoms with Crippen molar-refractivity contribution < 1.29 is 4.74 Å². The Morgan fingerprint density at radius 1 is 1.32 bits per heavy atom. The lowest BCUT2D eigenvalue weighted by molar-refractivity contribution is 0.0764. The van der Waals surface area contributed by atoms with Crippen molar-refractivity contribution in [1.82, 2.24) is 15.3 Å². The van der Waals surface area contributed by atoms with Gasteiger partial charge in [0.15, 0.2) is 0 Å². The van der Waals surface area contributed by atoms with Gasteiger partial charge in [-0.05, 0) is 17.7 Å². The van der Waals surface area contributed by atoms with Gasteiger partial charge in [0.25, 0.3) is 0 Å². The summed E-state index contributed by atoms with van der Waals surface area (Å²) in [5.74, 6) is 1.00. The number of hydrogen-bond donors (Lipinski definition) is 2. The van der Waals surface area contributed by atoms with Crippen molar-refractivity contribution in [3.05, 3.63) is 40.8 Å². The van der Waals surface area contributed by atoms with Gasteiger partial charge in [0.2, 0.25) is 0 Å². The Bertz CT molecular complexity index is 532. The summed E-state index contributed by atoms with van der Waals surface area (Å²) in [6.45, 7) is 2.48. The molecule has 100 valence electrons. The summed E-state index contributed by atoms with van der Waals surface area (Å²) in [7, 11) is 0. The molecule has 0 bridgehead atoms. The number of aromatic amines is 1. The van der Waals surface area contributed by atoms with Crippen LogP contribution in [0, 0.1) is 0 Å². The van der Waals surface area contributed by atoms with Gasteiger partial charge in [-0.3, -0.25) is 0 Å². The maximum absolute atomic E-state index is 5.45. The molecule has 1 unspecified atom stereocenters. The zero-order valence-corrected chi connectivity index (χ0v) is 12.1. The summed E-state index contributed by atoms with van der Waals surface area (Å²) in [6.07, 6.45) is 2.76. The fourth-order valence-electron chi connectivity index (χ4n) is 2.23. The number of hydrogen-bond acceptors (Lipinski definition) is 3. The van der Waals surface area contributed by atoms with Gasteiger partial charge in [0.1, 0.15) is 5.82 Å². The number of benzene rings is 1. The lowest BCUT2D eigenvalue weighted by Gasteiger charge is -2.22. The van der Waals surface area contributed by atoms with E-state index in [2.05, 4.69) is 43.3 Å². The van der Waals surface area contributed by atoms with Gasteiger partial charge in [0, 0.05) is 23.5 Å². The van der Waals surface area contributed by atoms with Gasteiger partial charge in [-0.25, -0.2) is 4.98 Å². The first-order valence-electron chi connectivity index (χ1n) is 6.42. The Labute approximate surface area is 120 Å². The minimum atomic E-state index is 0.359. The Kier molecular flexibility index (Phi) is 3.96. The molecule has 1 fully saturated rings. The zero-order chi connectivity index (χ0) is 13.1. The second kappa shape index (κ2) is 5.86. The van der Waals surface area contributed by atoms with Crippen molar-refractivity contribution in [3.63, 3.8) is 0 Å². The van der Waals surface area contributed by atoms with Gasteiger partial charge < -0.3 is 15.0 Å². The molecule has 5 heteroatoms. The van der Waals surface area contributed by atoms with Crippen LogP contribution in [0.25, 0.3) is 11.3 Å². The number of imidazole rings is 1. The maximum Gasteiger partial charge on any atom is 0.108 e. The number of H-pyrrole nitrogens is 1. The predicted octanol–water partition coefficient (Wildman–Crippen LogP) is 2.37. The fourth-order valence-corrected chi connectivity index (χ4v) is 2.49. The Hall–Kier alpha value is -1.17. The summed E-state index contributed by atoms with van der Waals surface area (Å²) in [4.78, 5) is 7.82. The molecule has 2 aromatic rings. The molecule has 2 N–H and O–H groups in total. The first kappa shape index (κ1) is 12.8. The van der Waals surface area contributed by atoms with Gasteiger partial charge in [0.05, 0.1) is 25.1 Å². The molecule has 0 spiro atoms. The number of nitrogens with one attached hydrogen (secondary N) is 2. The van der Waals surface area contributed by atoms with Crippen LogP contribution in [-0.2, 0) is 11.2 Å². The topological polar surface area (TPSA) is 49.9 Å². The number of nitrogens with zero attached hydrogens (tertiary/aromatic N) is 1. The van der Waals surface area contributed by atoms with Crippen molar-refractivity contribution in [1.29, 1.82) is 0 Å². The average Bonchev–Trinajstić information content (AvgIpc) is 2.89. The highest BCUT2D eigenvalue weighted by Crippen LogP contribution is 2.20. The van der Waals surface area contributed by atoms with E-state index in [1.165, 1.54) is 0 Å². The third-order valence-corrected chi connectivity index (χ3v) is 3.75. The third kappa shape index (κ3) is 3.23. The molecule has 1 atom stereocenters. The molecule has 1 aromatic carbocycles. The second-order valence-electron chi connectivity index (χ2n) is 4.68. The summed E-state index contributed by atoms with van der Waals surface area (Å²) < 4.78 is 6.53. The normalized spacial score (nSPS) is 19.5. The van der Waals surface area contributed by atoms with Crippen molar-refractivity contribution in [2.24, 2.45) is 0 Å². The molecule has 19 heavy (non-hydrogen) atoms. The monoisotopic (exact) mass is 321 g/mol. The van der Waals surface area contributed by atoms with E-state index in [-0.39, 0.29) is 0 Å². The van der Waals surface area contributed by atoms with Crippen LogP contribution in [0.5, 0.6) is 0 Å². The summed E-state index contributed by atoms with van der Waals surface area (Å²) >= 11 is 3.44. The fraction of sp³-hybridized carbons (Fsp3) is 0.357. The van der Waals surface area contributed by atoms with E-state index in [0.29, 0.717) is 6.04 Å². The largest absolute Gasteiger partial charge is 0.379 e. The predicted molar refractivity (Wildman–Crippen MR) is 78.0 cm³/mol. The van der Waals surface area contributed by atoms with Gasteiger partial charge in [-0.2, -0.15) is 0 Å². The van der Waals surface area contributed by atoms with Gasteiger partial charge in [-0.1, -0.05) is 28.1 Å². The molecule has 4 nitrogen and oxygen atoms in total. The number of halogens is 1. The van der Waals surface area contributed by atoms with E-state index in [1.54, 1.807) is 0 Å². The standard InChI is InChI=1S/C14H16BrN3O/c15-11-3-1-10(2-4-11)13-8-17-14(18-13)7-12-9-19-6-5-16-12/h1-4,8,12,16H,5-7,9H2,(H,17,18). The van der Waals surface area contributed by atoms with Crippen LogP contribution < -0.4 is 5.32 Å². The molecule has 0 radical (unpaired) electrons. The first-order valence-corrected chi connectivity index (χ1v) is 7.21. The Morgan fingerprint density at radius 2 is 2.16 bits per heavy atom. The minimum Gasteiger partial charge on any atom is -0.379 e.